The normalized spacial score (nSPS) is 17.2. The molecule has 0 saturated heterocycles. The molecule has 2 aliphatic rings. The lowest BCUT2D eigenvalue weighted by atomic mass is 10.1. The number of benzene rings is 2. The van der Waals surface area contributed by atoms with E-state index < -0.39 is 11.9 Å². The summed E-state index contributed by atoms with van der Waals surface area (Å²) in [5.74, 6) is 1.15. The highest BCUT2D eigenvalue weighted by molar-refractivity contribution is 5.85. The summed E-state index contributed by atoms with van der Waals surface area (Å²) in [5.41, 5.74) is 2.39. The molecule has 0 saturated carbocycles. The fraction of sp³-hybridized carbons (Fsp3) is 0.357. The third-order valence-corrected chi connectivity index (χ3v) is 6.56. The van der Waals surface area contributed by atoms with Gasteiger partial charge < -0.3 is 9.47 Å². The number of rotatable bonds is 6. The van der Waals surface area contributed by atoms with Crippen molar-refractivity contribution in [3.8, 4) is 0 Å². The summed E-state index contributed by atoms with van der Waals surface area (Å²) in [5, 5.41) is 8.60. The van der Waals surface area contributed by atoms with E-state index in [-0.39, 0.29) is 23.7 Å². The van der Waals surface area contributed by atoms with Gasteiger partial charge in [0.05, 0.1) is 25.3 Å². The van der Waals surface area contributed by atoms with Gasteiger partial charge in [0.1, 0.15) is 11.6 Å². The maximum absolute atomic E-state index is 11.6. The zero-order chi connectivity index (χ0) is 26.5. The minimum Gasteiger partial charge on any atom is -0.460 e. The average molecular weight is 515 g/mol. The molecule has 38 heavy (non-hydrogen) atoms. The Labute approximate surface area is 220 Å². The molecule has 0 bridgehead atoms. The van der Waals surface area contributed by atoms with Crippen LogP contribution in [0.2, 0.25) is 0 Å². The molecule has 0 amide bonds. The molecule has 0 radical (unpaired) electrons. The minimum atomic E-state index is -0.448. The van der Waals surface area contributed by atoms with Crippen molar-refractivity contribution in [3.63, 3.8) is 0 Å². The lowest BCUT2D eigenvalue weighted by Gasteiger charge is -2.11. The zero-order valence-corrected chi connectivity index (χ0v) is 21.5. The molecule has 2 atom stereocenters. The Morgan fingerprint density at radius 2 is 1.11 bits per heavy atom. The first-order valence-corrected chi connectivity index (χ1v) is 12.9. The summed E-state index contributed by atoms with van der Waals surface area (Å²) in [4.78, 5) is 31.8. The zero-order valence-electron chi connectivity index (χ0n) is 21.5. The molecule has 6 rings (SSSR count). The number of hydrogen-bond acceptors (Lipinski definition) is 8. The number of ether oxygens (including phenoxy) is 2. The van der Waals surface area contributed by atoms with Crippen LogP contribution in [0.25, 0.3) is 0 Å². The Hall–Kier alpha value is -4.34. The summed E-state index contributed by atoms with van der Waals surface area (Å²) in [6.07, 6.45) is 3.63. The standard InChI is InChI=1S/2C14H15N3O2/c2*1-2-19-14(18)13-15-12-9-8-11(17(12)16-13)10-6-4-3-5-7-10/h2*3-7,11H,2,8-9H2,1H3/t2*11-/m10/s1. The fourth-order valence-electron chi connectivity index (χ4n) is 4.86. The van der Waals surface area contributed by atoms with E-state index in [1.165, 1.54) is 11.1 Å². The molecular formula is C28H30N6O4. The number of carbonyl (C=O) groups excluding carboxylic acids is 2. The van der Waals surface area contributed by atoms with Gasteiger partial charge in [-0.3, -0.25) is 0 Å². The first kappa shape index (κ1) is 25.3. The second-order valence-corrected chi connectivity index (χ2v) is 8.96. The van der Waals surface area contributed by atoms with Crippen LogP contribution in [0, 0.1) is 0 Å². The molecule has 0 fully saturated rings. The monoisotopic (exact) mass is 514 g/mol. The van der Waals surface area contributed by atoms with E-state index in [0.29, 0.717) is 13.2 Å². The number of aromatic nitrogens is 6. The van der Waals surface area contributed by atoms with Gasteiger partial charge in [-0.2, -0.15) is 0 Å². The Morgan fingerprint density at radius 1 is 0.711 bits per heavy atom. The van der Waals surface area contributed by atoms with Crippen LogP contribution in [0.4, 0.5) is 0 Å². The topological polar surface area (TPSA) is 114 Å². The van der Waals surface area contributed by atoms with E-state index in [4.69, 9.17) is 9.47 Å². The van der Waals surface area contributed by atoms with Crippen LogP contribution in [0.15, 0.2) is 60.7 Å². The van der Waals surface area contributed by atoms with Crippen LogP contribution in [0.1, 0.15) is 82.8 Å². The predicted octanol–water partition coefficient (Wildman–Crippen LogP) is 3.98. The number of carbonyl (C=O) groups is 2. The number of hydrogen-bond donors (Lipinski definition) is 0. The van der Waals surface area contributed by atoms with E-state index in [2.05, 4.69) is 44.4 Å². The van der Waals surface area contributed by atoms with Gasteiger partial charge in [0, 0.05) is 12.8 Å². The second kappa shape index (κ2) is 11.4. The number of esters is 2. The van der Waals surface area contributed by atoms with Gasteiger partial charge in [-0.15, -0.1) is 10.2 Å². The molecule has 0 N–H and O–H groups in total. The predicted molar refractivity (Wildman–Crippen MR) is 138 cm³/mol. The van der Waals surface area contributed by atoms with E-state index in [9.17, 15) is 9.59 Å². The van der Waals surface area contributed by atoms with E-state index in [1.54, 1.807) is 13.8 Å². The van der Waals surface area contributed by atoms with E-state index >= 15 is 0 Å². The summed E-state index contributed by atoms with van der Waals surface area (Å²) in [6, 6.07) is 20.7. The van der Waals surface area contributed by atoms with Gasteiger partial charge in [-0.05, 0) is 37.8 Å². The molecule has 2 aromatic heterocycles. The highest BCUT2D eigenvalue weighted by atomic mass is 16.5. The fourth-order valence-corrected chi connectivity index (χ4v) is 4.86. The first-order valence-electron chi connectivity index (χ1n) is 12.9. The Bertz CT molecular complexity index is 1290. The molecule has 10 heteroatoms. The van der Waals surface area contributed by atoms with Gasteiger partial charge in [0.25, 0.3) is 11.6 Å². The molecule has 4 heterocycles. The first-order chi connectivity index (χ1) is 18.6. The average Bonchev–Trinajstić information content (AvgIpc) is 3.71. The number of fused-ring (bicyclic) bond motifs is 2. The lowest BCUT2D eigenvalue weighted by molar-refractivity contribution is 0.0502. The van der Waals surface area contributed by atoms with Crippen molar-refractivity contribution in [1.82, 2.24) is 29.5 Å². The maximum atomic E-state index is 11.6. The molecule has 0 aliphatic carbocycles. The van der Waals surface area contributed by atoms with Gasteiger partial charge in [0.15, 0.2) is 0 Å². The molecule has 10 nitrogen and oxygen atoms in total. The van der Waals surface area contributed by atoms with Gasteiger partial charge in [-0.25, -0.2) is 28.9 Å². The molecular weight excluding hydrogens is 484 g/mol. The maximum Gasteiger partial charge on any atom is 0.378 e. The van der Waals surface area contributed by atoms with Crippen molar-refractivity contribution in [3.05, 3.63) is 95.1 Å². The van der Waals surface area contributed by atoms with Crippen LogP contribution in [0.5, 0.6) is 0 Å². The summed E-state index contributed by atoms with van der Waals surface area (Å²) in [6.45, 7) is 4.22. The van der Waals surface area contributed by atoms with Crippen LogP contribution in [-0.4, -0.2) is 54.7 Å². The van der Waals surface area contributed by atoms with Gasteiger partial charge >= 0.3 is 11.9 Å². The van der Waals surface area contributed by atoms with Crippen LogP contribution in [0.3, 0.4) is 0 Å². The van der Waals surface area contributed by atoms with E-state index in [0.717, 1.165) is 37.3 Å². The van der Waals surface area contributed by atoms with Crippen molar-refractivity contribution in [2.75, 3.05) is 13.2 Å². The van der Waals surface area contributed by atoms with Crippen LogP contribution < -0.4 is 0 Å². The second-order valence-electron chi connectivity index (χ2n) is 8.96. The van der Waals surface area contributed by atoms with E-state index in [1.807, 2.05) is 45.8 Å². The molecule has 2 aliphatic heterocycles. The summed E-state index contributed by atoms with van der Waals surface area (Å²) in [7, 11) is 0. The molecule has 2 aromatic carbocycles. The number of nitrogens with zero attached hydrogens (tertiary/aromatic N) is 6. The van der Waals surface area contributed by atoms with Gasteiger partial charge in [0.2, 0.25) is 0 Å². The minimum absolute atomic E-state index is 0.164. The Balaban J connectivity index is 0.000000155. The molecule has 0 unspecified atom stereocenters. The van der Waals surface area contributed by atoms with Crippen LogP contribution in [-0.2, 0) is 22.3 Å². The van der Waals surface area contributed by atoms with Crippen molar-refractivity contribution in [2.45, 2.75) is 51.6 Å². The van der Waals surface area contributed by atoms with Gasteiger partial charge in [-0.1, -0.05) is 60.7 Å². The SMILES string of the molecule is CCOC(=O)c1nc2n(n1)[C@@H](c1ccccc1)CC2.CCOC(=O)c1nc2n(n1)[C@H](c1ccccc1)CC2. The largest absolute Gasteiger partial charge is 0.460 e. The van der Waals surface area contributed by atoms with Crippen molar-refractivity contribution in [2.24, 2.45) is 0 Å². The van der Waals surface area contributed by atoms with Crippen molar-refractivity contribution in [1.29, 1.82) is 0 Å². The van der Waals surface area contributed by atoms with Crippen LogP contribution >= 0.6 is 0 Å². The van der Waals surface area contributed by atoms with Crippen molar-refractivity contribution < 1.29 is 19.1 Å². The molecule has 0 spiro atoms. The third-order valence-electron chi connectivity index (χ3n) is 6.56. The molecule has 4 aromatic rings. The Morgan fingerprint density at radius 3 is 1.47 bits per heavy atom. The molecule has 196 valence electrons. The highest BCUT2D eigenvalue weighted by Crippen LogP contribution is 2.31. The van der Waals surface area contributed by atoms with Crippen molar-refractivity contribution >= 4 is 11.9 Å². The highest BCUT2D eigenvalue weighted by Gasteiger charge is 2.30. The Kier molecular flexibility index (Phi) is 7.57. The summed E-state index contributed by atoms with van der Waals surface area (Å²) < 4.78 is 13.6. The lowest BCUT2D eigenvalue weighted by Crippen LogP contribution is -2.11. The summed E-state index contributed by atoms with van der Waals surface area (Å²) >= 11 is 0. The quantitative estimate of drug-likeness (QED) is 0.355. The smallest absolute Gasteiger partial charge is 0.378 e. The third kappa shape index (κ3) is 5.20. The number of aryl methyl sites for hydroxylation is 2.